The van der Waals surface area contributed by atoms with E-state index in [1.807, 2.05) is 24.3 Å². The number of benzene rings is 1. The predicted octanol–water partition coefficient (Wildman–Crippen LogP) is 2.39. The topological polar surface area (TPSA) is 50.4 Å². The molecule has 1 unspecified atom stereocenters. The molecule has 1 amide bonds. The number of ether oxygens (including phenoxy) is 1. The van der Waals surface area contributed by atoms with Gasteiger partial charge in [0, 0.05) is 23.7 Å². The summed E-state index contributed by atoms with van der Waals surface area (Å²) in [7, 11) is 0. The van der Waals surface area contributed by atoms with Gasteiger partial charge in [0.05, 0.1) is 12.6 Å². The maximum Gasteiger partial charge on any atom is 0.238 e. The molecule has 1 saturated heterocycles. The molecule has 1 aromatic carbocycles. The fourth-order valence-electron chi connectivity index (χ4n) is 2.06. The molecule has 2 rings (SSSR count). The highest BCUT2D eigenvalue weighted by Gasteiger charge is 2.22. The van der Waals surface area contributed by atoms with Crippen molar-refractivity contribution in [3.05, 3.63) is 29.8 Å². The van der Waals surface area contributed by atoms with Crippen LogP contribution >= 0.6 is 11.8 Å². The zero-order valence-electron chi connectivity index (χ0n) is 12.7. The van der Waals surface area contributed by atoms with Crippen LogP contribution in [-0.4, -0.2) is 30.2 Å². The molecule has 4 nitrogen and oxygen atoms in total. The predicted molar refractivity (Wildman–Crippen MR) is 87.5 cm³/mol. The van der Waals surface area contributed by atoms with Crippen molar-refractivity contribution >= 4 is 17.7 Å². The van der Waals surface area contributed by atoms with Crippen molar-refractivity contribution in [1.29, 1.82) is 0 Å². The fraction of sp³-hybridized carbons (Fsp3) is 0.562. The number of nitrogens with one attached hydrogen (secondary N) is 2. The van der Waals surface area contributed by atoms with E-state index >= 15 is 0 Å². The van der Waals surface area contributed by atoms with Gasteiger partial charge in [-0.3, -0.25) is 10.1 Å². The minimum absolute atomic E-state index is 0.0657. The molecule has 1 heterocycles. The van der Waals surface area contributed by atoms with Gasteiger partial charge in [0.1, 0.15) is 5.75 Å². The van der Waals surface area contributed by atoms with E-state index in [2.05, 4.69) is 24.5 Å². The summed E-state index contributed by atoms with van der Waals surface area (Å²) in [5.74, 6) is 3.26. The van der Waals surface area contributed by atoms with Crippen molar-refractivity contribution < 1.29 is 9.53 Å². The average molecular weight is 308 g/mol. The summed E-state index contributed by atoms with van der Waals surface area (Å²) in [6.45, 7) is 5.59. The van der Waals surface area contributed by atoms with E-state index in [4.69, 9.17) is 4.74 Å². The SMILES string of the molecule is CC(C)CCOc1ccccc1CNC(=O)C1CSCN1. The Balaban J connectivity index is 1.85. The van der Waals surface area contributed by atoms with Crippen molar-refractivity contribution in [3.63, 3.8) is 0 Å². The maximum atomic E-state index is 12.0. The highest BCUT2D eigenvalue weighted by Crippen LogP contribution is 2.19. The Bertz CT molecular complexity index is 459. The molecule has 0 aliphatic carbocycles. The van der Waals surface area contributed by atoms with E-state index < -0.39 is 0 Å². The monoisotopic (exact) mass is 308 g/mol. The molecule has 0 spiro atoms. The van der Waals surface area contributed by atoms with E-state index in [1.165, 1.54) is 0 Å². The number of para-hydroxylation sites is 1. The lowest BCUT2D eigenvalue weighted by Crippen LogP contribution is -2.41. The first-order valence-corrected chi connectivity index (χ1v) is 8.62. The van der Waals surface area contributed by atoms with Crippen LogP contribution in [0.2, 0.25) is 0 Å². The van der Waals surface area contributed by atoms with Crippen molar-refractivity contribution in [2.45, 2.75) is 32.9 Å². The minimum Gasteiger partial charge on any atom is -0.493 e. The van der Waals surface area contributed by atoms with Crippen LogP contribution < -0.4 is 15.4 Å². The van der Waals surface area contributed by atoms with Crippen molar-refractivity contribution in [1.82, 2.24) is 10.6 Å². The van der Waals surface area contributed by atoms with Gasteiger partial charge in [-0.1, -0.05) is 32.0 Å². The summed E-state index contributed by atoms with van der Waals surface area (Å²) < 4.78 is 5.83. The molecule has 0 radical (unpaired) electrons. The third-order valence-electron chi connectivity index (χ3n) is 3.41. The molecular formula is C16H24N2O2S. The first-order chi connectivity index (χ1) is 10.2. The highest BCUT2D eigenvalue weighted by molar-refractivity contribution is 7.99. The van der Waals surface area contributed by atoms with Gasteiger partial charge < -0.3 is 10.1 Å². The van der Waals surface area contributed by atoms with Gasteiger partial charge in [0.15, 0.2) is 0 Å². The second kappa shape index (κ2) is 8.29. The standard InChI is InChI=1S/C16H24N2O2S/c1-12(2)7-8-20-15-6-4-3-5-13(15)9-17-16(19)14-10-21-11-18-14/h3-6,12,14,18H,7-11H2,1-2H3,(H,17,19). The highest BCUT2D eigenvalue weighted by atomic mass is 32.2. The maximum absolute atomic E-state index is 12.0. The van der Waals surface area contributed by atoms with Crippen LogP contribution in [0.1, 0.15) is 25.8 Å². The summed E-state index contributed by atoms with van der Waals surface area (Å²) in [4.78, 5) is 12.0. The van der Waals surface area contributed by atoms with Crippen LogP contribution in [0.3, 0.4) is 0 Å². The second-order valence-electron chi connectivity index (χ2n) is 5.63. The first kappa shape index (κ1) is 16.2. The smallest absolute Gasteiger partial charge is 0.238 e. The van der Waals surface area contributed by atoms with Gasteiger partial charge in [0.2, 0.25) is 5.91 Å². The lowest BCUT2D eigenvalue weighted by molar-refractivity contribution is -0.122. The number of rotatable bonds is 7. The summed E-state index contributed by atoms with van der Waals surface area (Å²) >= 11 is 1.75. The first-order valence-electron chi connectivity index (χ1n) is 7.46. The van der Waals surface area contributed by atoms with E-state index in [-0.39, 0.29) is 11.9 Å². The Hall–Kier alpha value is -1.20. The molecular weight excluding hydrogens is 284 g/mol. The lowest BCUT2D eigenvalue weighted by Gasteiger charge is -2.14. The fourth-order valence-corrected chi connectivity index (χ4v) is 3.01. The number of carbonyl (C=O) groups is 1. The van der Waals surface area contributed by atoms with Gasteiger partial charge in [0.25, 0.3) is 0 Å². The van der Waals surface area contributed by atoms with Crippen LogP contribution in [0.5, 0.6) is 5.75 Å². The van der Waals surface area contributed by atoms with Crippen LogP contribution in [0, 0.1) is 5.92 Å². The third-order valence-corrected chi connectivity index (χ3v) is 4.35. The molecule has 1 fully saturated rings. The summed E-state index contributed by atoms with van der Waals surface area (Å²) in [6.07, 6.45) is 1.03. The van der Waals surface area contributed by atoms with Crippen LogP contribution in [0.4, 0.5) is 0 Å². The largest absolute Gasteiger partial charge is 0.493 e. The van der Waals surface area contributed by atoms with Crippen molar-refractivity contribution in [3.8, 4) is 5.75 Å². The second-order valence-corrected chi connectivity index (χ2v) is 6.66. The zero-order chi connectivity index (χ0) is 15.1. The Morgan fingerprint density at radius 1 is 1.48 bits per heavy atom. The van der Waals surface area contributed by atoms with E-state index in [0.717, 1.165) is 29.4 Å². The number of hydrogen-bond donors (Lipinski definition) is 2. The molecule has 0 bridgehead atoms. The number of thioether (sulfide) groups is 1. The van der Waals surface area contributed by atoms with Gasteiger partial charge in [-0.2, -0.15) is 0 Å². The minimum atomic E-state index is -0.0657. The van der Waals surface area contributed by atoms with Crippen molar-refractivity contribution in [2.24, 2.45) is 5.92 Å². The Labute approximate surface area is 131 Å². The van der Waals surface area contributed by atoms with Crippen LogP contribution in [0.15, 0.2) is 24.3 Å². The normalized spacial score (nSPS) is 18.0. The number of carbonyl (C=O) groups excluding carboxylic acids is 1. The van der Waals surface area contributed by atoms with Crippen LogP contribution in [-0.2, 0) is 11.3 Å². The average Bonchev–Trinajstić information content (AvgIpc) is 3.00. The van der Waals surface area contributed by atoms with Crippen LogP contribution in [0.25, 0.3) is 0 Å². The Kier molecular flexibility index (Phi) is 6.39. The summed E-state index contributed by atoms with van der Waals surface area (Å²) in [5, 5.41) is 6.16. The summed E-state index contributed by atoms with van der Waals surface area (Å²) in [5.41, 5.74) is 1.03. The molecule has 5 heteroatoms. The number of hydrogen-bond acceptors (Lipinski definition) is 4. The molecule has 116 valence electrons. The van der Waals surface area contributed by atoms with Gasteiger partial charge >= 0.3 is 0 Å². The molecule has 1 aromatic rings. The lowest BCUT2D eigenvalue weighted by atomic mass is 10.1. The summed E-state index contributed by atoms with van der Waals surface area (Å²) in [6, 6.07) is 7.84. The molecule has 1 aliphatic heterocycles. The molecule has 0 aromatic heterocycles. The van der Waals surface area contributed by atoms with E-state index in [1.54, 1.807) is 11.8 Å². The molecule has 1 atom stereocenters. The van der Waals surface area contributed by atoms with E-state index in [0.29, 0.717) is 19.1 Å². The Morgan fingerprint density at radius 2 is 2.29 bits per heavy atom. The van der Waals surface area contributed by atoms with Gasteiger partial charge in [-0.15, -0.1) is 11.8 Å². The molecule has 0 saturated carbocycles. The number of amides is 1. The van der Waals surface area contributed by atoms with Gasteiger partial charge in [-0.05, 0) is 18.4 Å². The van der Waals surface area contributed by atoms with Crippen molar-refractivity contribution in [2.75, 3.05) is 18.2 Å². The van der Waals surface area contributed by atoms with Gasteiger partial charge in [-0.25, -0.2) is 0 Å². The Morgan fingerprint density at radius 3 is 3.00 bits per heavy atom. The third kappa shape index (κ3) is 5.25. The quantitative estimate of drug-likeness (QED) is 0.812. The molecule has 1 aliphatic rings. The zero-order valence-corrected chi connectivity index (χ0v) is 13.5. The molecule has 2 N–H and O–H groups in total. The molecule has 21 heavy (non-hydrogen) atoms. The van der Waals surface area contributed by atoms with E-state index in [9.17, 15) is 4.79 Å².